The summed E-state index contributed by atoms with van der Waals surface area (Å²) in [5, 5.41) is 10.6. The van der Waals surface area contributed by atoms with E-state index in [1.807, 2.05) is 0 Å². The molecule has 0 saturated carbocycles. The average molecular weight is 216 g/mol. The third-order valence-corrected chi connectivity index (χ3v) is 2.18. The molecule has 1 aliphatic rings. The zero-order valence-electron chi connectivity index (χ0n) is 7.03. The van der Waals surface area contributed by atoms with Gasteiger partial charge in [0.1, 0.15) is 10.8 Å². The molecule has 1 aliphatic heterocycles. The zero-order valence-corrected chi connectivity index (χ0v) is 7.78. The third kappa shape index (κ3) is 1.51. The van der Waals surface area contributed by atoms with Crippen molar-refractivity contribution < 1.29 is 14.4 Å². The number of nitro benzene ring substituents is 1. The summed E-state index contributed by atoms with van der Waals surface area (Å²) in [4.78, 5) is 10.0. The highest BCUT2D eigenvalue weighted by atomic mass is 35.5. The van der Waals surface area contributed by atoms with Crippen molar-refractivity contribution in [3.8, 4) is 5.75 Å². The summed E-state index contributed by atoms with van der Waals surface area (Å²) in [6.07, 6.45) is 0. The predicted octanol–water partition coefficient (Wildman–Crippen LogP) is 2.11. The van der Waals surface area contributed by atoms with Crippen LogP contribution in [-0.4, -0.2) is 11.7 Å². The van der Waals surface area contributed by atoms with E-state index in [1.54, 1.807) is 0 Å². The topological polar surface area (TPSA) is 61.6 Å². The highest BCUT2D eigenvalue weighted by Gasteiger charge is 2.19. The third-order valence-electron chi connectivity index (χ3n) is 1.88. The number of benzene rings is 1. The Labute approximate surface area is 84.3 Å². The summed E-state index contributed by atoms with van der Waals surface area (Å²) >= 11 is 5.69. The van der Waals surface area contributed by atoms with E-state index in [2.05, 4.69) is 0 Å². The van der Waals surface area contributed by atoms with Crippen LogP contribution < -0.4 is 4.74 Å². The Morgan fingerprint density at radius 3 is 3.00 bits per heavy atom. The maximum Gasteiger partial charge on any atom is 0.288 e. The number of nitrogens with zero attached hydrogens (tertiary/aromatic N) is 1. The smallest absolute Gasteiger partial charge is 0.288 e. The van der Waals surface area contributed by atoms with Crippen molar-refractivity contribution in [1.29, 1.82) is 0 Å². The Hall–Kier alpha value is -1.33. The molecule has 1 aromatic carbocycles. The Morgan fingerprint density at radius 1 is 1.50 bits per heavy atom. The van der Waals surface area contributed by atoms with Crippen LogP contribution in [0.1, 0.15) is 5.56 Å². The fourth-order valence-electron chi connectivity index (χ4n) is 1.23. The van der Waals surface area contributed by atoms with Gasteiger partial charge in [0.05, 0.1) is 11.5 Å². The Bertz CT molecular complexity index is 393. The van der Waals surface area contributed by atoms with Gasteiger partial charge in [0.25, 0.3) is 5.69 Å². The number of ether oxygens (including phenoxy) is 2. The van der Waals surface area contributed by atoms with Gasteiger partial charge >= 0.3 is 0 Å². The predicted molar refractivity (Wildman–Crippen MR) is 48.4 cm³/mol. The Morgan fingerprint density at radius 2 is 2.29 bits per heavy atom. The molecule has 0 N–H and O–H groups in total. The molecule has 74 valence electrons. The maximum absolute atomic E-state index is 10.5. The molecular weight excluding hydrogens is 210 g/mol. The van der Waals surface area contributed by atoms with Crippen LogP contribution in [0.25, 0.3) is 0 Å². The molecule has 0 saturated heterocycles. The van der Waals surface area contributed by atoms with Crippen molar-refractivity contribution in [2.75, 3.05) is 6.79 Å². The van der Waals surface area contributed by atoms with Crippen LogP contribution in [0.3, 0.4) is 0 Å². The molecule has 0 unspecified atom stereocenters. The fourth-order valence-corrected chi connectivity index (χ4v) is 1.45. The second kappa shape index (κ2) is 3.43. The molecule has 6 heteroatoms. The molecule has 5 nitrogen and oxygen atoms in total. The van der Waals surface area contributed by atoms with E-state index < -0.39 is 4.92 Å². The van der Waals surface area contributed by atoms with Crippen LogP contribution in [0, 0.1) is 10.1 Å². The number of fused-ring (bicyclic) bond motifs is 1. The van der Waals surface area contributed by atoms with Crippen molar-refractivity contribution in [3.05, 3.63) is 32.8 Å². The largest absolute Gasteiger partial charge is 0.467 e. The molecular formula is C8H6ClNO4. The first-order valence-corrected chi connectivity index (χ1v) is 4.23. The number of halogens is 1. The maximum atomic E-state index is 10.5. The van der Waals surface area contributed by atoms with Crippen molar-refractivity contribution in [2.24, 2.45) is 0 Å². The van der Waals surface area contributed by atoms with E-state index in [1.165, 1.54) is 12.1 Å². The first-order valence-electron chi connectivity index (χ1n) is 3.86. The monoisotopic (exact) mass is 215 g/mol. The Kier molecular flexibility index (Phi) is 2.26. The zero-order chi connectivity index (χ0) is 10.1. The van der Waals surface area contributed by atoms with Crippen LogP contribution in [-0.2, 0) is 11.3 Å². The van der Waals surface area contributed by atoms with Crippen LogP contribution in [0.15, 0.2) is 12.1 Å². The minimum Gasteiger partial charge on any atom is -0.467 e. The lowest BCUT2D eigenvalue weighted by Crippen LogP contribution is -2.11. The highest BCUT2D eigenvalue weighted by molar-refractivity contribution is 6.32. The van der Waals surface area contributed by atoms with Crippen molar-refractivity contribution in [2.45, 2.75) is 6.61 Å². The van der Waals surface area contributed by atoms with E-state index in [9.17, 15) is 10.1 Å². The summed E-state index contributed by atoms with van der Waals surface area (Å²) < 4.78 is 10.1. The number of nitro groups is 1. The molecule has 1 aromatic rings. The molecule has 1 heterocycles. The molecule has 0 aliphatic carbocycles. The molecule has 2 rings (SSSR count). The number of rotatable bonds is 1. The van der Waals surface area contributed by atoms with Gasteiger partial charge < -0.3 is 9.47 Å². The van der Waals surface area contributed by atoms with Gasteiger partial charge in [-0.2, -0.15) is 0 Å². The van der Waals surface area contributed by atoms with Gasteiger partial charge in [-0.15, -0.1) is 0 Å². The minimum atomic E-state index is -0.531. The van der Waals surface area contributed by atoms with Crippen LogP contribution in [0.5, 0.6) is 5.75 Å². The van der Waals surface area contributed by atoms with Crippen LogP contribution >= 0.6 is 11.6 Å². The van der Waals surface area contributed by atoms with E-state index >= 15 is 0 Å². The molecule has 0 aromatic heterocycles. The first-order chi connectivity index (χ1) is 6.68. The van der Waals surface area contributed by atoms with Gasteiger partial charge in [0.15, 0.2) is 6.79 Å². The highest BCUT2D eigenvalue weighted by Crippen LogP contribution is 2.34. The van der Waals surface area contributed by atoms with Gasteiger partial charge in [-0.1, -0.05) is 11.6 Å². The van der Waals surface area contributed by atoms with Crippen LogP contribution in [0.4, 0.5) is 5.69 Å². The summed E-state index contributed by atoms with van der Waals surface area (Å²) in [5.41, 5.74) is 0.520. The lowest BCUT2D eigenvalue weighted by molar-refractivity contribution is -0.384. The molecule has 14 heavy (non-hydrogen) atoms. The fraction of sp³-hybridized carbons (Fsp3) is 0.250. The van der Waals surface area contributed by atoms with E-state index in [-0.39, 0.29) is 17.5 Å². The van der Waals surface area contributed by atoms with Gasteiger partial charge in [-0.05, 0) is 0 Å². The number of hydrogen-bond acceptors (Lipinski definition) is 4. The van der Waals surface area contributed by atoms with Crippen molar-refractivity contribution in [1.82, 2.24) is 0 Å². The Balaban J connectivity index is 2.50. The lowest BCUT2D eigenvalue weighted by Gasteiger charge is -2.17. The molecule has 0 spiro atoms. The minimum absolute atomic E-state index is 0.0793. The SMILES string of the molecule is O=[N+]([O-])c1cc2c(cc1Cl)OCOC2. The summed E-state index contributed by atoms with van der Waals surface area (Å²) in [6.45, 7) is 0.467. The second-order valence-corrected chi connectivity index (χ2v) is 3.19. The first kappa shape index (κ1) is 9.23. The molecule has 0 fully saturated rings. The summed E-state index contributed by atoms with van der Waals surface area (Å²) in [7, 11) is 0. The van der Waals surface area contributed by atoms with Gasteiger partial charge in [0, 0.05) is 17.7 Å². The summed E-state index contributed by atoms with van der Waals surface area (Å²) in [5.74, 6) is 0.548. The average Bonchev–Trinajstić information content (AvgIpc) is 2.16. The van der Waals surface area contributed by atoms with Gasteiger partial charge in [-0.3, -0.25) is 10.1 Å². The van der Waals surface area contributed by atoms with E-state index in [0.29, 0.717) is 17.9 Å². The standard InChI is InChI=1S/C8H6ClNO4/c9-6-2-8-5(3-13-4-14-8)1-7(6)10(11)12/h1-2H,3-4H2. The van der Waals surface area contributed by atoms with E-state index in [4.69, 9.17) is 21.1 Å². The lowest BCUT2D eigenvalue weighted by atomic mass is 10.2. The van der Waals surface area contributed by atoms with Crippen molar-refractivity contribution in [3.63, 3.8) is 0 Å². The molecule has 0 amide bonds. The quantitative estimate of drug-likeness (QED) is 0.532. The van der Waals surface area contributed by atoms with Crippen molar-refractivity contribution >= 4 is 17.3 Å². The van der Waals surface area contributed by atoms with Gasteiger partial charge in [0.2, 0.25) is 0 Å². The van der Waals surface area contributed by atoms with E-state index in [0.717, 1.165) is 0 Å². The normalized spacial score (nSPS) is 14.4. The summed E-state index contributed by atoms with van der Waals surface area (Å²) in [6, 6.07) is 2.81. The molecule has 0 atom stereocenters. The van der Waals surface area contributed by atoms with Gasteiger partial charge in [-0.25, -0.2) is 0 Å². The number of hydrogen-bond donors (Lipinski definition) is 0. The van der Waals surface area contributed by atoms with Crippen LogP contribution in [0.2, 0.25) is 5.02 Å². The molecule has 0 bridgehead atoms. The molecule has 0 radical (unpaired) electrons. The second-order valence-electron chi connectivity index (χ2n) is 2.78.